The first-order valence-electron chi connectivity index (χ1n) is 8.28. The highest BCUT2D eigenvalue weighted by Gasteiger charge is 2.26. The van der Waals surface area contributed by atoms with Crippen molar-refractivity contribution in [1.82, 2.24) is 10.2 Å². The van der Waals surface area contributed by atoms with Gasteiger partial charge in [-0.3, -0.25) is 9.69 Å². The number of hydrogen-bond acceptors (Lipinski definition) is 5. The highest BCUT2D eigenvalue weighted by molar-refractivity contribution is 7.14. The van der Waals surface area contributed by atoms with E-state index in [1.165, 1.54) is 4.88 Å². The Labute approximate surface area is 146 Å². The molecule has 0 bridgehead atoms. The first-order chi connectivity index (χ1) is 11.5. The molecule has 0 spiro atoms. The third kappa shape index (κ3) is 3.88. The summed E-state index contributed by atoms with van der Waals surface area (Å²) in [6.45, 7) is 9.66. The predicted molar refractivity (Wildman–Crippen MR) is 94.7 cm³/mol. The van der Waals surface area contributed by atoms with Crippen LogP contribution in [0, 0.1) is 20.8 Å². The summed E-state index contributed by atoms with van der Waals surface area (Å²) in [6, 6.07) is 5.96. The molecule has 1 aliphatic rings. The van der Waals surface area contributed by atoms with Crippen LogP contribution in [0.3, 0.4) is 0 Å². The Morgan fingerprint density at radius 2 is 2.04 bits per heavy atom. The molecule has 1 N–H and O–H groups in total. The predicted octanol–water partition coefficient (Wildman–Crippen LogP) is 3.07. The molecule has 0 aromatic carbocycles. The summed E-state index contributed by atoms with van der Waals surface area (Å²) >= 11 is 1.54. The summed E-state index contributed by atoms with van der Waals surface area (Å²) in [7, 11) is 0. The third-order valence-electron chi connectivity index (χ3n) is 4.42. The van der Waals surface area contributed by atoms with Crippen LogP contribution in [-0.4, -0.2) is 43.7 Å². The fourth-order valence-corrected chi connectivity index (χ4v) is 3.84. The van der Waals surface area contributed by atoms with Crippen LogP contribution in [0.25, 0.3) is 0 Å². The minimum Gasteiger partial charge on any atom is -0.465 e. The number of morpholine rings is 1. The van der Waals surface area contributed by atoms with Crippen molar-refractivity contribution in [2.24, 2.45) is 0 Å². The van der Waals surface area contributed by atoms with Crippen molar-refractivity contribution in [3.8, 4) is 0 Å². The molecule has 3 rings (SSSR count). The van der Waals surface area contributed by atoms with Gasteiger partial charge in [0, 0.05) is 24.5 Å². The van der Waals surface area contributed by atoms with E-state index in [0.29, 0.717) is 19.8 Å². The lowest BCUT2D eigenvalue weighted by Gasteiger charge is -2.33. The fourth-order valence-electron chi connectivity index (χ4n) is 2.89. The maximum absolute atomic E-state index is 12.5. The molecule has 1 unspecified atom stereocenters. The number of ether oxygens (including phenoxy) is 1. The lowest BCUT2D eigenvalue weighted by atomic mass is 10.1. The average molecular weight is 348 g/mol. The molecule has 130 valence electrons. The van der Waals surface area contributed by atoms with Crippen molar-refractivity contribution in [3.05, 3.63) is 45.0 Å². The van der Waals surface area contributed by atoms with Gasteiger partial charge in [-0.1, -0.05) is 0 Å². The first-order valence-corrected chi connectivity index (χ1v) is 9.09. The Balaban J connectivity index is 1.70. The zero-order valence-electron chi connectivity index (χ0n) is 14.4. The molecule has 1 aliphatic heterocycles. The molecule has 3 heterocycles. The molecule has 2 aromatic rings. The minimum atomic E-state index is -0.0160. The van der Waals surface area contributed by atoms with Crippen LogP contribution in [0.15, 0.2) is 22.6 Å². The molecular weight excluding hydrogens is 324 g/mol. The van der Waals surface area contributed by atoms with Gasteiger partial charge in [0.1, 0.15) is 11.5 Å². The van der Waals surface area contributed by atoms with Crippen LogP contribution in [-0.2, 0) is 4.74 Å². The minimum absolute atomic E-state index is 0.0160. The van der Waals surface area contributed by atoms with Gasteiger partial charge in [-0.2, -0.15) is 0 Å². The largest absolute Gasteiger partial charge is 0.465 e. The smallest absolute Gasteiger partial charge is 0.261 e. The molecule has 2 aromatic heterocycles. The molecule has 24 heavy (non-hydrogen) atoms. The fraction of sp³-hybridized carbons (Fsp3) is 0.500. The SMILES string of the molecule is Cc1ccc(C(CNC(=O)c2cc(C)c(C)s2)N2CCOCC2)o1. The lowest BCUT2D eigenvalue weighted by molar-refractivity contribution is 0.0117. The van der Waals surface area contributed by atoms with Crippen LogP contribution in [0.2, 0.25) is 0 Å². The summed E-state index contributed by atoms with van der Waals surface area (Å²) in [5.74, 6) is 1.77. The Hall–Kier alpha value is -1.63. The maximum Gasteiger partial charge on any atom is 0.261 e. The second kappa shape index (κ2) is 7.51. The normalized spacial score (nSPS) is 17.0. The van der Waals surface area contributed by atoms with Crippen LogP contribution in [0.5, 0.6) is 0 Å². The molecule has 5 nitrogen and oxygen atoms in total. The highest BCUT2D eigenvalue weighted by atomic mass is 32.1. The number of thiophene rings is 1. The van der Waals surface area contributed by atoms with Gasteiger partial charge in [0.15, 0.2) is 0 Å². The van der Waals surface area contributed by atoms with E-state index in [2.05, 4.69) is 10.2 Å². The van der Waals surface area contributed by atoms with Crippen molar-refractivity contribution in [2.45, 2.75) is 26.8 Å². The second-order valence-corrected chi connectivity index (χ2v) is 7.43. The average Bonchev–Trinajstić information content (AvgIpc) is 3.15. The van der Waals surface area contributed by atoms with Gasteiger partial charge in [0.05, 0.1) is 24.1 Å². The van der Waals surface area contributed by atoms with E-state index in [4.69, 9.17) is 9.15 Å². The first kappa shape index (κ1) is 17.2. The molecule has 0 aliphatic carbocycles. The van der Waals surface area contributed by atoms with Gasteiger partial charge in [-0.05, 0) is 44.5 Å². The monoisotopic (exact) mass is 348 g/mol. The van der Waals surface area contributed by atoms with Crippen molar-refractivity contribution >= 4 is 17.2 Å². The molecular formula is C18H24N2O3S. The molecule has 6 heteroatoms. The van der Waals surface area contributed by atoms with E-state index in [1.807, 2.05) is 39.0 Å². The molecule has 1 fully saturated rings. The number of rotatable bonds is 5. The molecule has 0 saturated carbocycles. The number of carbonyl (C=O) groups is 1. The van der Waals surface area contributed by atoms with Gasteiger partial charge in [0.25, 0.3) is 5.91 Å². The van der Waals surface area contributed by atoms with E-state index in [0.717, 1.165) is 35.1 Å². The lowest BCUT2D eigenvalue weighted by Crippen LogP contribution is -2.43. The molecule has 1 saturated heterocycles. The summed E-state index contributed by atoms with van der Waals surface area (Å²) in [4.78, 5) is 16.7. The molecule has 0 radical (unpaired) electrons. The Kier molecular flexibility index (Phi) is 5.38. The quantitative estimate of drug-likeness (QED) is 0.902. The third-order valence-corrected chi connectivity index (χ3v) is 5.57. The van der Waals surface area contributed by atoms with Gasteiger partial charge in [-0.15, -0.1) is 11.3 Å². The van der Waals surface area contributed by atoms with E-state index in [9.17, 15) is 4.79 Å². The number of hydrogen-bond donors (Lipinski definition) is 1. The highest BCUT2D eigenvalue weighted by Crippen LogP contribution is 2.24. The van der Waals surface area contributed by atoms with E-state index in [-0.39, 0.29) is 11.9 Å². The van der Waals surface area contributed by atoms with Crippen molar-refractivity contribution < 1.29 is 13.9 Å². The Morgan fingerprint density at radius 1 is 1.29 bits per heavy atom. The number of aryl methyl sites for hydroxylation is 3. The van der Waals surface area contributed by atoms with E-state index in [1.54, 1.807) is 11.3 Å². The Morgan fingerprint density at radius 3 is 2.62 bits per heavy atom. The van der Waals surface area contributed by atoms with Crippen LogP contribution in [0.4, 0.5) is 0 Å². The van der Waals surface area contributed by atoms with Gasteiger partial charge in [0.2, 0.25) is 0 Å². The molecule has 1 atom stereocenters. The summed E-state index contributed by atoms with van der Waals surface area (Å²) in [6.07, 6.45) is 0. The molecule has 1 amide bonds. The van der Waals surface area contributed by atoms with Crippen molar-refractivity contribution in [2.75, 3.05) is 32.8 Å². The standard InChI is InChI=1S/C18H24N2O3S/c1-12-10-17(24-14(12)3)18(21)19-11-15(16-5-4-13(2)23-16)20-6-8-22-9-7-20/h4-5,10,15H,6-9,11H2,1-3H3,(H,19,21). The van der Waals surface area contributed by atoms with Gasteiger partial charge < -0.3 is 14.5 Å². The zero-order chi connectivity index (χ0) is 17.1. The maximum atomic E-state index is 12.5. The van der Waals surface area contributed by atoms with Crippen LogP contribution >= 0.6 is 11.3 Å². The summed E-state index contributed by atoms with van der Waals surface area (Å²) in [5.41, 5.74) is 1.16. The topological polar surface area (TPSA) is 54.7 Å². The zero-order valence-corrected chi connectivity index (χ0v) is 15.2. The van der Waals surface area contributed by atoms with E-state index < -0.39 is 0 Å². The van der Waals surface area contributed by atoms with Gasteiger partial charge in [-0.25, -0.2) is 0 Å². The number of furan rings is 1. The number of amides is 1. The summed E-state index contributed by atoms with van der Waals surface area (Å²) < 4.78 is 11.3. The number of nitrogens with one attached hydrogen (secondary N) is 1. The summed E-state index contributed by atoms with van der Waals surface area (Å²) in [5, 5.41) is 3.07. The number of nitrogens with zero attached hydrogens (tertiary/aromatic N) is 1. The van der Waals surface area contributed by atoms with Crippen molar-refractivity contribution in [3.63, 3.8) is 0 Å². The van der Waals surface area contributed by atoms with Crippen molar-refractivity contribution in [1.29, 1.82) is 0 Å². The Bertz CT molecular complexity index is 681. The second-order valence-electron chi connectivity index (χ2n) is 6.17. The number of carbonyl (C=O) groups excluding carboxylic acids is 1. The van der Waals surface area contributed by atoms with Crippen LogP contribution < -0.4 is 5.32 Å². The van der Waals surface area contributed by atoms with Gasteiger partial charge >= 0.3 is 0 Å². The van der Waals surface area contributed by atoms with Crippen LogP contribution in [0.1, 0.15) is 37.7 Å². The van der Waals surface area contributed by atoms with E-state index >= 15 is 0 Å².